The Morgan fingerprint density at radius 2 is 1.97 bits per heavy atom. The van der Waals surface area contributed by atoms with Crippen LogP contribution in [0.4, 0.5) is 5.69 Å². The maximum atomic E-state index is 12.7. The predicted octanol–water partition coefficient (Wildman–Crippen LogP) is 4.35. The number of hydrogen-bond acceptors (Lipinski definition) is 5. The summed E-state index contributed by atoms with van der Waals surface area (Å²) in [5.74, 6) is 1.42. The van der Waals surface area contributed by atoms with Crippen LogP contribution in [0.1, 0.15) is 31.9 Å². The second kappa shape index (κ2) is 9.16. The topological polar surface area (TPSA) is 80.6 Å². The third kappa shape index (κ3) is 4.69. The maximum absolute atomic E-state index is 12.7. The summed E-state index contributed by atoms with van der Waals surface area (Å²) in [6.45, 7) is 6.71. The molecule has 1 heterocycles. The zero-order valence-electron chi connectivity index (χ0n) is 16.8. The van der Waals surface area contributed by atoms with E-state index in [2.05, 4.69) is 5.32 Å². The van der Waals surface area contributed by atoms with Gasteiger partial charge in [0, 0.05) is 17.5 Å². The van der Waals surface area contributed by atoms with E-state index in [1.165, 1.54) is 6.08 Å². The third-order valence-electron chi connectivity index (χ3n) is 4.43. The van der Waals surface area contributed by atoms with Crippen LogP contribution in [0.5, 0.6) is 17.2 Å². The molecule has 1 amide bonds. The Morgan fingerprint density at radius 3 is 2.69 bits per heavy atom. The molecular formula is C23H24N2O4. The molecule has 0 aliphatic carbocycles. The second-order valence-electron chi connectivity index (χ2n) is 6.62. The fourth-order valence-corrected chi connectivity index (χ4v) is 3.19. The van der Waals surface area contributed by atoms with E-state index in [1.807, 2.05) is 45.0 Å². The lowest BCUT2D eigenvalue weighted by atomic mass is 10.0. The van der Waals surface area contributed by atoms with Gasteiger partial charge in [-0.1, -0.05) is 12.1 Å². The van der Waals surface area contributed by atoms with E-state index in [0.717, 1.165) is 17.7 Å². The van der Waals surface area contributed by atoms with Crippen LogP contribution in [0, 0.1) is 11.3 Å². The van der Waals surface area contributed by atoms with Crippen molar-refractivity contribution >= 4 is 17.7 Å². The number of anilines is 1. The zero-order valence-corrected chi connectivity index (χ0v) is 16.8. The van der Waals surface area contributed by atoms with Crippen molar-refractivity contribution in [2.45, 2.75) is 33.3 Å². The number of benzene rings is 2. The highest BCUT2D eigenvalue weighted by Crippen LogP contribution is 2.36. The molecule has 150 valence electrons. The lowest BCUT2D eigenvalue weighted by Gasteiger charge is -2.12. The fraction of sp³-hybridized carbons (Fsp3) is 0.304. The second-order valence-corrected chi connectivity index (χ2v) is 6.62. The van der Waals surface area contributed by atoms with Crippen molar-refractivity contribution in [3.8, 4) is 23.3 Å². The largest absolute Gasteiger partial charge is 0.493 e. The summed E-state index contributed by atoms with van der Waals surface area (Å²) in [7, 11) is 0. The van der Waals surface area contributed by atoms with Gasteiger partial charge in [0.1, 0.15) is 35.0 Å². The van der Waals surface area contributed by atoms with Crippen molar-refractivity contribution in [1.82, 2.24) is 0 Å². The molecule has 0 bridgehead atoms. The molecule has 0 saturated carbocycles. The molecule has 1 N–H and O–H groups in total. The molecule has 0 aromatic heterocycles. The lowest BCUT2D eigenvalue weighted by Crippen LogP contribution is -2.14. The number of rotatable bonds is 7. The maximum Gasteiger partial charge on any atom is 0.266 e. The quantitative estimate of drug-likeness (QED) is 0.560. The summed E-state index contributed by atoms with van der Waals surface area (Å²) in [5.41, 5.74) is 2.16. The standard InChI is InChI=1S/C23H24N2O4/c1-4-27-20-9-7-6-8-19(20)25-23(26)18(14-24)11-17-13-22-16(10-15(3)29-22)12-21(17)28-5-2/h6-9,11-13,15H,4-5,10H2,1-3H3,(H,25,26)/b18-11-. The van der Waals surface area contributed by atoms with Gasteiger partial charge in [0.05, 0.1) is 18.9 Å². The van der Waals surface area contributed by atoms with Gasteiger partial charge < -0.3 is 19.5 Å². The lowest BCUT2D eigenvalue weighted by molar-refractivity contribution is -0.112. The minimum atomic E-state index is -0.517. The van der Waals surface area contributed by atoms with Crippen LogP contribution < -0.4 is 19.5 Å². The van der Waals surface area contributed by atoms with Crippen molar-refractivity contribution < 1.29 is 19.0 Å². The average molecular weight is 392 g/mol. The van der Waals surface area contributed by atoms with E-state index in [1.54, 1.807) is 18.2 Å². The molecule has 2 aromatic rings. The van der Waals surface area contributed by atoms with Gasteiger partial charge in [0.25, 0.3) is 5.91 Å². The highest BCUT2D eigenvalue weighted by Gasteiger charge is 2.22. The van der Waals surface area contributed by atoms with Crippen molar-refractivity contribution in [3.05, 3.63) is 53.1 Å². The van der Waals surface area contributed by atoms with Crippen LogP contribution in [0.25, 0.3) is 6.08 Å². The van der Waals surface area contributed by atoms with E-state index < -0.39 is 5.91 Å². The Balaban J connectivity index is 1.91. The molecule has 0 saturated heterocycles. The van der Waals surface area contributed by atoms with E-state index in [9.17, 15) is 10.1 Å². The number of nitrogens with one attached hydrogen (secondary N) is 1. The highest BCUT2D eigenvalue weighted by atomic mass is 16.5. The molecule has 1 aliphatic heterocycles. The molecular weight excluding hydrogens is 368 g/mol. The molecule has 29 heavy (non-hydrogen) atoms. The Labute approximate surface area is 170 Å². The molecule has 6 nitrogen and oxygen atoms in total. The summed E-state index contributed by atoms with van der Waals surface area (Å²) in [6, 6.07) is 12.8. The average Bonchev–Trinajstić information content (AvgIpc) is 3.06. The monoisotopic (exact) mass is 392 g/mol. The first-order valence-corrected chi connectivity index (χ1v) is 9.67. The van der Waals surface area contributed by atoms with Gasteiger partial charge in [-0.2, -0.15) is 5.26 Å². The molecule has 1 unspecified atom stereocenters. The van der Waals surface area contributed by atoms with E-state index in [-0.39, 0.29) is 11.7 Å². The zero-order chi connectivity index (χ0) is 20.8. The summed E-state index contributed by atoms with van der Waals surface area (Å²) in [4.78, 5) is 12.7. The smallest absolute Gasteiger partial charge is 0.266 e. The molecule has 0 fully saturated rings. The first-order valence-electron chi connectivity index (χ1n) is 9.67. The van der Waals surface area contributed by atoms with E-state index in [4.69, 9.17) is 14.2 Å². The fourth-order valence-electron chi connectivity index (χ4n) is 3.19. The van der Waals surface area contributed by atoms with Gasteiger partial charge in [-0.05, 0) is 51.1 Å². The van der Waals surface area contributed by atoms with Gasteiger partial charge >= 0.3 is 0 Å². The van der Waals surface area contributed by atoms with Crippen LogP contribution in [-0.4, -0.2) is 25.2 Å². The Kier molecular flexibility index (Phi) is 6.40. The Morgan fingerprint density at radius 1 is 1.24 bits per heavy atom. The van der Waals surface area contributed by atoms with Crippen molar-refractivity contribution in [3.63, 3.8) is 0 Å². The molecule has 2 aromatic carbocycles. The van der Waals surface area contributed by atoms with Gasteiger partial charge in [-0.3, -0.25) is 4.79 Å². The highest BCUT2D eigenvalue weighted by molar-refractivity contribution is 6.10. The van der Waals surface area contributed by atoms with Gasteiger partial charge in [-0.15, -0.1) is 0 Å². The number of hydrogen-bond donors (Lipinski definition) is 1. The van der Waals surface area contributed by atoms with Crippen molar-refractivity contribution in [2.75, 3.05) is 18.5 Å². The number of ether oxygens (including phenoxy) is 3. The summed E-state index contributed by atoms with van der Waals surface area (Å²) in [6.07, 6.45) is 2.42. The van der Waals surface area contributed by atoms with Crippen molar-refractivity contribution in [1.29, 1.82) is 5.26 Å². The molecule has 3 rings (SSSR count). The molecule has 1 aliphatic rings. The van der Waals surface area contributed by atoms with E-state index in [0.29, 0.717) is 36.0 Å². The number of para-hydroxylation sites is 2. The molecule has 6 heteroatoms. The van der Waals surface area contributed by atoms with Crippen LogP contribution in [0.2, 0.25) is 0 Å². The number of carbonyl (C=O) groups excluding carboxylic acids is 1. The SMILES string of the molecule is CCOc1cc2c(cc1/C=C(/C#N)C(=O)Nc1ccccc1OCC)OC(C)C2. The van der Waals surface area contributed by atoms with Gasteiger partial charge in [-0.25, -0.2) is 0 Å². The Hall–Kier alpha value is -3.46. The number of amides is 1. The van der Waals surface area contributed by atoms with Gasteiger partial charge in [0.15, 0.2) is 0 Å². The van der Waals surface area contributed by atoms with Crippen LogP contribution in [0.3, 0.4) is 0 Å². The number of nitriles is 1. The first kappa shape index (κ1) is 20.3. The molecule has 1 atom stereocenters. The third-order valence-corrected chi connectivity index (χ3v) is 4.43. The summed E-state index contributed by atoms with van der Waals surface area (Å²) < 4.78 is 17.1. The minimum Gasteiger partial charge on any atom is -0.493 e. The van der Waals surface area contributed by atoms with Crippen LogP contribution in [0.15, 0.2) is 42.0 Å². The predicted molar refractivity (Wildman–Crippen MR) is 111 cm³/mol. The van der Waals surface area contributed by atoms with E-state index >= 15 is 0 Å². The minimum absolute atomic E-state index is 0.0387. The number of fused-ring (bicyclic) bond motifs is 1. The summed E-state index contributed by atoms with van der Waals surface area (Å²) in [5, 5.41) is 12.3. The number of nitrogens with zero attached hydrogens (tertiary/aromatic N) is 1. The molecule has 0 radical (unpaired) electrons. The Bertz CT molecular complexity index is 975. The summed E-state index contributed by atoms with van der Waals surface area (Å²) >= 11 is 0. The van der Waals surface area contributed by atoms with Crippen LogP contribution >= 0.6 is 0 Å². The first-order chi connectivity index (χ1) is 14.0. The van der Waals surface area contributed by atoms with Gasteiger partial charge in [0.2, 0.25) is 0 Å². The molecule has 0 spiro atoms. The normalized spacial score (nSPS) is 15.1. The number of carbonyl (C=O) groups is 1. The van der Waals surface area contributed by atoms with Crippen LogP contribution in [-0.2, 0) is 11.2 Å². The van der Waals surface area contributed by atoms with Crippen molar-refractivity contribution in [2.24, 2.45) is 0 Å².